The maximum Gasteiger partial charge on any atom is 0.346 e. The van der Waals surface area contributed by atoms with Gasteiger partial charge in [0.25, 0.3) is 16.0 Å². The van der Waals surface area contributed by atoms with Crippen molar-refractivity contribution < 1.29 is 41.2 Å². The lowest BCUT2D eigenvalue weighted by molar-refractivity contribution is -0.151. The van der Waals surface area contributed by atoms with E-state index < -0.39 is 64.8 Å². The summed E-state index contributed by atoms with van der Waals surface area (Å²) in [5, 5.41) is 2.66. The molecular weight excluding hydrogens is 500 g/mol. The molecule has 2 aromatic rings. The number of H-pyrrole nitrogens is 1. The molecule has 0 bridgehead atoms. The van der Waals surface area contributed by atoms with Crippen LogP contribution in [0.4, 0.5) is 5.82 Å². The summed E-state index contributed by atoms with van der Waals surface area (Å²) >= 11 is 0. The number of rotatable bonds is 9. The number of carbonyl (C=O) groups is 3. The maximum atomic E-state index is 13.0. The molecule has 1 aliphatic heterocycles. The molecule has 1 aliphatic rings. The SMILES string of the molecule is CC(=O)OC[C@H]1O[C@@H](Nc2[nH]c(=O)ncc2C(N)=O)[C@H](OC(C)=O)[C@H]1OS(=O)(=O)c1ccc(C)cc1. The first-order chi connectivity index (χ1) is 16.9. The van der Waals surface area contributed by atoms with Gasteiger partial charge in [-0.3, -0.25) is 23.6 Å². The van der Waals surface area contributed by atoms with E-state index in [1.165, 1.54) is 12.1 Å². The minimum absolute atomic E-state index is 0.174. The highest BCUT2D eigenvalue weighted by Gasteiger charge is 2.51. The molecular formula is C21H24N4O10S. The van der Waals surface area contributed by atoms with Crippen LogP contribution in [0.1, 0.15) is 29.8 Å². The second kappa shape index (κ2) is 10.8. The van der Waals surface area contributed by atoms with Gasteiger partial charge in [-0.25, -0.2) is 9.78 Å². The Hall–Kier alpha value is -3.82. The number of aromatic nitrogens is 2. The van der Waals surface area contributed by atoms with Crippen molar-refractivity contribution in [2.45, 2.75) is 50.2 Å². The van der Waals surface area contributed by atoms with Crippen LogP contribution in [0.15, 0.2) is 40.2 Å². The van der Waals surface area contributed by atoms with Crippen LogP contribution in [-0.4, -0.2) is 67.4 Å². The number of aromatic amines is 1. The van der Waals surface area contributed by atoms with Crippen molar-refractivity contribution in [1.82, 2.24) is 9.97 Å². The highest BCUT2D eigenvalue weighted by Crippen LogP contribution is 2.31. The third-order valence-electron chi connectivity index (χ3n) is 4.97. The Bertz CT molecular complexity index is 1310. The lowest BCUT2D eigenvalue weighted by Crippen LogP contribution is -2.43. The number of anilines is 1. The van der Waals surface area contributed by atoms with Gasteiger partial charge < -0.3 is 25.3 Å². The molecule has 1 aromatic heterocycles. The number of hydrogen-bond acceptors (Lipinski definition) is 12. The summed E-state index contributed by atoms with van der Waals surface area (Å²) < 4.78 is 47.5. The Kier molecular flexibility index (Phi) is 8.07. The Morgan fingerprint density at radius 2 is 1.81 bits per heavy atom. The Balaban J connectivity index is 2.00. The monoisotopic (exact) mass is 524 g/mol. The number of aryl methyl sites for hydroxylation is 1. The van der Waals surface area contributed by atoms with Gasteiger partial charge in [0, 0.05) is 20.0 Å². The van der Waals surface area contributed by atoms with Crippen LogP contribution in [0.2, 0.25) is 0 Å². The van der Waals surface area contributed by atoms with Gasteiger partial charge in [-0.1, -0.05) is 17.7 Å². The lowest BCUT2D eigenvalue weighted by Gasteiger charge is -2.24. The molecule has 15 heteroatoms. The fraction of sp³-hybridized carbons (Fsp3) is 0.381. The van der Waals surface area contributed by atoms with Crippen LogP contribution < -0.4 is 16.7 Å². The molecule has 4 atom stereocenters. The molecule has 194 valence electrons. The molecule has 0 spiro atoms. The van der Waals surface area contributed by atoms with Crippen molar-refractivity contribution in [2.75, 3.05) is 11.9 Å². The zero-order chi connectivity index (χ0) is 26.6. The van der Waals surface area contributed by atoms with Gasteiger partial charge in [-0.05, 0) is 19.1 Å². The summed E-state index contributed by atoms with van der Waals surface area (Å²) in [6.45, 7) is 3.52. The molecule has 4 N–H and O–H groups in total. The van der Waals surface area contributed by atoms with Crippen molar-refractivity contribution in [3.05, 3.63) is 52.1 Å². The number of amides is 1. The van der Waals surface area contributed by atoms with Crippen LogP contribution in [0.3, 0.4) is 0 Å². The Morgan fingerprint density at radius 3 is 2.39 bits per heavy atom. The summed E-state index contributed by atoms with van der Waals surface area (Å²) in [5.74, 6) is -2.68. The predicted octanol–water partition coefficient (Wildman–Crippen LogP) is -0.417. The molecule has 0 saturated carbocycles. The number of primary amides is 1. The molecule has 0 aliphatic carbocycles. The Morgan fingerprint density at radius 1 is 1.14 bits per heavy atom. The van der Waals surface area contributed by atoms with E-state index in [1.54, 1.807) is 19.1 Å². The van der Waals surface area contributed by atoms with E-state index >= 15 is 0 Å². The van der Waals surface area contributed by atoms with Gasteiger partial charge >= 0.3 is 17.6 Å². The molecule has 1 fully saturated rings. The number of esters is 2. The molecule has 1 aromatic carbocycles. The highest BCUT2D eigenvalue weighted by atomic mass is 32.2. The van der Waals surface area contributed by atoms with Crippen LogP contribution in [0, 0.1) is 6.92 Å². The summed E-state index contributed by atoms with van der Waals surface area (Å²) in [6.07, 6.45) is -4.64. The summed E-state index contributed by atoms with van der Waals surface area (Å²) in [6, 6.07) is 5.80. The molecule has 0 unspecified atom stereocenters. The second-order valence-electron chi connectivity index (χ2n) is 7.79. The Labute approximate surface area is 205 Å². The zero-order valence-electron chi connectivity index (χ0n) is 19.4. The number of benzene rings is 1. The number of carbonyl (C=O) groups excluding carboxylic acids is 3. The van der Waals surface area contributed by atoms with Crippen molar-refractivity contribution in [3.63, 3.8) is 0 Å². The van der Waals surface area contributed by atoms with E-state index in [0.29, 0.717) is 0 Å². The van der Waals surface area contributed by atoms with E-state index in [2.05, 4.69) is 15.3 Å². The third kappa shape index (κ3) is 6.44. The topological polar surface area (TPSA) is 206 Å². The van der Waals surface area contributed by atoms with E-state index in [0.717, 1.165) is 25.6 Å². The number of nitrogens with zero attached hydrogens (tertiary/aromatic N) is 1. The number of ether oxygens (including phenoxy) is 3. The van der Waals surface area contributed by atoms with E-state index in [1.807, 2.05) is 0 Å². The maximum absolute atomic E-state index is 13.0. The second-order valence-corrected chi connectivity index (χ2v) is 9.36. The highest BCUT2D eigenvalue weighted by molar-refractivity contribution is 7.86. The van der Waals surface area contributed by atoms with E-state index in [4.69, 9.17) is 24.1 Å². The lowest BCUT2D eigenvalue weighted by atomic mass is 10.1. The summed E-state index contributed by atoms with van der Waals surface area (Å²) in [7, 11) is -4.41. The molecule has 36 heavy (non-hydrogen) atoms. The number of nitrogens with one attached hydrogen (secondary N) is 2. The van der Waals surface area contributed by atoms with Gasteiger partial charge in [0.15, 0.2) is 12.3 Å². The van der Waals surface area contributed by atoms with Gasteiger partial charge in [-0.15, -0.1) is 0 Å². The first-order valence-corrected chi connectivity index (χ1v) is 11.9. The normalized spacial score (nSPS) is 21.5. The van der Waals surface area contributed by atoms with Crippen LogP contribution in [0.25, 0.3) is 0 Å². The van der Waals surface area contributed by atoms with Crippen molar-refractivity contribution in [1.29, 1.82) is 0 Å². The van der Waals surface area contributed by atoms with Gasteiger partial charge in [0.05, 0.1) is 10.5 Å². The number of hydrogen-bond donors (Lipinski definition) is 3. The van der Waals surface area contributed by atoms with Crippen molar-refractivity contribution >= 4 is 33.8 Å². The molecule has 0 radical (unpaired) electrons. The van der Waals surface area contributed by atoms with Crippen molar-refractivity contribution in [2.24, 2.45) is 5.73 Å². The zero-order valence-corrected chi connectivity index (χ0v) is 20.2. The minimum Gasteiger partial charge on any atom is -0.463 e. The van der Waals surface area contributed by atoms with E-state index in [-0.39, 0.29) is 16.3 Å². The molecule has 1 amide bonds. The molecule has 1 saturated heterocycles. The first-order valence-electron chi connectivity index (χ1n) is 10.5. The molecule has 2 heterocycles. The first kappa shape index (κ1) is 26.8. The number of nitrogens with two attached hydrogens (primary N) is 1. The summed E-state index contributed by atoms with van der Waals surface area (Å²) in [4.78, 5) is 52.3. The van der Waals surface area contributed by atoms with Crippen LogP contribution in [0.5, 0.6) is 0 Å². The quantitative estimate of drug-likeness (QED) is 0.282. The fourth-order valence-electron chi connectivity index (χ4n) is 3.36. The molecule has 14 nitrogen and oxygen atoms in total. The van der Waals surface area contributed by atoms with Crippen LogP contribution >= 0.6 is 0 Å². The van der Waals surface area contributed by atoms with E-state index in [9.17, 15) is 27.6 Å². The summed E-state index contributed by atoms with van der Waals surface area (Å²) in [5.41, 5.74) is 5.06. The average molecular weight is 525 g/mol. The average Bonchev–Trinajstić information content (AvgIpc) is 3.07. The fourth-order valence-corrected chi connectivity index (χ4v) is 4.46. The predicted molar refractivity (Wildman–Crippen MR) is 121 cm³/mol. The van der Waals surface area contributed by atoms with Gasteiger partial charge in [0.2, 0.25) is 0 Å². The van der Waals surface area contributed by atoms with Gasteiger partial charge in [0.1, 0.15) is 24.6 Å². The van der Waals surface area contributed by atoms with Gasteiger partial charge in [-0.2, -0.15) is 8.42 Å². The standard InChI is InChI=1S/C21H24N4O10S/c1-10-4-6-13(7-5-10)36(30,31)35-16-15(9-32-11(2)26)34-20(17(16)33-12(3)27)24-19-14(18(22)28)8-23-21(29)25-19/h4-8,15-17,20H,9H2,1-3H3,(H2,22,28)(H2,23,24,25,29)/t15-,16+,17-,20-/m1/s1. The third-order valence-corrected chi connectivity index (χ3v) is 6.30. The minimum atomic E-state index is -4.41. The smallest absolute Gasteiger partial charge is 0.346 e. The largest absolute Gasteiger partial charge is 0.463 e. The molecule has 3 rings (SSSR count). The van der Waals surface area contributed by atoms with Crippen molar-refractivity contribution in [3.8, 4) is 0 Å². The van der Waals surface area contributed by atoms with Crippen LogP contribution in [-0.2, 0) is 38.1 Å².